The molecule has 3 N–H and O–H groups in total. The van der Waals surface area contributed by atoms with Gasteiger partial charge in [-0.3, -0.25) is 4.79 Å². The van der Waals surface area contributed by atoms with Crippen molar-refractivity contribution in [1.29, 1.82) is 0 Å². The van der Waals surface area contributed by atoms with Crippen molar-refractivity contribution >= 4 is 33.2 Å². The van der Waals surface area contributed by atoms with Gasteiger partial charge < -0.3 is 9.73 Å². The standard InChI is InChI=1S/C12H11ClN2O4S/c1-7-9(3-2-4-10(7)20(14,17)18)15-12(16)8-5-6-19-11(8)13/h2-6H,1H3,(H,15,16)(H2,14,17,18). The molecule has 20 heavy (non-hydrogen) atoms. The lowest BCUT2D eigenvalue weighted by Gasteiger charge is -2.10. The molecule has 1 amide bonds. The Hall–Kier alpha value is -1.83. The van der Waals surface area contributed by atoms with Crippen LogP contribution in [-0.4, -0.2) is 14.3 Å². The first kappa shape index (κ1) is 14.6. The van der Waals surface area contributed by atoms with E-state index in [1.165, 1.54) is 24.5 Å². The Bertz CT molecular complexity index is 768. The second-order valence-corrected chi connectivity index (χ2v) is 5.91. The molecule has 0 unspecified atom stereocenters. The Morgan fingerprint density at radius 3 is 2.60 bits per heavy atom. The molecule has 0 radical (unpaired) electrons. The Kier molecular flexibility index (Phi) is 3.85. The van der Waals surface area contributed by atoms with Gasteiger partial charge in [-0.2, -0.15) is 0 Å². The molecule has 0 aliphatic carbocycles. The number of carbonyl (C=O) groups excluding carboxylic acids is 1. The van der Waals surface area contributed by atoms with Crippen LogP contribution in [0.3, 0.4) is 0 Å². The van der Waals surface area contributed by atoms with Gasteiger partial charge in [-0.05, 0) is 42.3 Å². The number of nitrogens with two attached hydrogens (primary N) is 1. The van der Waals surface area contributed by atoms with E-state index in [0.717, 1.165) is 0 Å². The lowest BCUT2D eigenvalue weighted by atomic mass is 10.2. The van der Waals surface area contributed by atoms with Crippen LogP contribution in [0.1, 0.15) is 15.9 Å². The van der Waals surface area contributed by atoms with Gasteiger partial charge in [0, 0.05) is 5.69 Å². The van der Waals surface area contributed by atoms with E-state index in [9.17, 15) is 13.2 Å². The maximum atomic E-state index is 12.0. The maximum Gasteiger partial charge on any atom is 0.260 e. The number of carbonyl (C=O) groups is 1. The van der Waals surface area contributed by atoms with Gasteiger partial charge in [-0.1, -0.05) is 6.07 Å². The molecule has 0 atom stereocenters. The Morgan fingerprint density at radius 2 is 2.05 bits per heavy atom. The minimum atomic E-state index is -3.85. The Balaban J connectivity index is 2.36. The van der Waals surface area contributed by atoms with Crippen molar-refractivity contribution in [2.75, 3.05) is 5.32 Å². The van der Waals surface area contributed by atoms with Crippen LogP contribution >= 0.6 is 11.6 Å². The van der Waals surface area contributed by atoms with Crippen LogP contribution in [0.2, 0.25) is 5.22 Å². The van der Waals surface area contributed by atoms with Gasteiger partial charge in [0.05, 0.1) is 16.7 Å². The fraction of sp³-hybridized carbons (Fsp3) is 0.0833. The SMILES string of the molecule is Cc1c(NC(=O)c2ccoc2Cl)cccc1S(N)(=O)=O. The van der Waals surface area contributed by atoms with E-state index in [4.69, 9.17) is 21.2 Å². The first-order chi connectivity index (χ1) is 9.30. The van der Waals surface area contributed by atoms with Gasteiger partial charge in [0.15, 0.2) is 0 Å². The minimum Gasteiger partial charge on any atom is -0.452 e. The molecule has 2 rings (SSSR count). The smallest absolute Gasteiger partial charge is 0.260 e. The molecule has 8 heteroatoms. The third-order valence-corrected chi connectivity index (χ3v) is 4.05. The third-order valence-electron chi connectivity index (χ3n) is 2.70. The highest BCUT2D eigenvalue weighted by Crippen LogP contribution is 2.24. The fourth-order valence-corrected chi connectivity index (χ4v) is 2.71. The highest BCUT2D eigenvalue weighted by molar-refractivity contribution is 7.89. The van der Waals surface area contributed by atoms with Crippen molar-refractivity contribution in [2.24, 2.45) is 5.14 Å². The Labute approximate surface area is 120 Å². The summed E-state index contributed by atoms with van der Waals surface area (Å²) in [5.41, 5.74) is 0.842. The molecular formula is C12H11ClN2O4S. The van der Waals surface area contributed by atoms with Gasteiger partial charge in [0.2, 0.25) is 15.2 Å². The van der Waals surface area contributed by atoms with E-state index >= 15 is 0 Å². The van der Waals surface area contributed by atoms with Gasteiger partial charge >= 0.3 is 0 Å². The summed E-state index contributed by atoms with van der Waals surface area (Å²) < 4.78 is 27.6. The van der Waals surface area contributed by atoms with E-state index in [2.05, 4.69) is 5.32 Å². The summed E-state index contributed by atoms with van der Waals surface area (Å²) in [7, 11) is -3.85. The van der Waals surface area contributed by atoms with Crippen LogP contribution in [-0.2, 0) is 10.0 Å². The minimum absolute atomic E-state index is 0.0391. The van der Waals surface area contributed by atoms with Crippen molar-refractivity contribution < 1.29 is 17.6 Å². The number of nitrogens with one attached hydrogen (secondary N) is 1. The van der Waals surface area contributed by atoms with Crippen molar-refractivity contribution in [2.45, 2.75) is 11.8 Å². The predicted molar refractivity (Wildman–Crippen MR) is 74.2 cm³/mol. The van der Waals surface area contributed by atoms with E-state index < -0.39 is 15.9 Å². The first-order valence-corrected chi connectivity index (χ1v) is 7.40. The number of sulfonamides is 1. The number of primary sulfonamides is 1. The number of halogens is 1. The lowest BCUT2D eigenvalue weighted by Crippen LogP contribution is -2.17. The number of anilines is 1. The summed E-state index contributed by atoms with van der Waals surface area (Å²) in [6.07, 6.45) is 1.28. The highest BCUT2D eigenvalue weighted by Gasteiger charge is 2.17. The maximum absolute atomic E-state index is 12.0. The molecule has 0 aliphatic rings. The molecule has 1 aromatic heterocycles. The van der Waals surface area contributed by atoms with Crippen molar-refractivity contribution in [3.63, 3.8) is 0 Å². The summed E-state index contributed by atoms with van der Waals surface area (Å²) in [5.74, 6) is -0.501. The van der Waals surface area contributed by atoms with E-state index in [0.29, 0.717) is 11.3 Å². The molecule has 0 saturated heterocycles. The molecular weight excluding hydrogens is 304 g/mol. The van der Waals surface area contributed by atoms with Crippen LogP contribution in [0.15, 0.2) is 39.8 Å². The van der Waals surface area contributed by atoms with Crippen LogP contribution in [0.5, 0.6) is 0 Å². The van der Waals surface area contributed by atoms with Crippen LogP contribution in [0.25, 0.3) is 0 Å². The molecule has 0 aliphatic heterocycles. The average Bonchev–Trinajstić information content (AvgIpc) is 2.76. The summed E-state index contributed by atoms with van der Waals surface area (Å²) in [6.45, 7) is 1.55. The van der Waals surface area contributed by atoms with E-state index in [-0.39, 0.29) is 15.7 Å². The zero-order valence-electron chi connectivity index (χ0n) is 10.4. The zero-order valence-corrected chi connectivity index (χ0v) is 12.0. The fourth-order valence-electron chi connectivity index (χ4n) is 1.70. The van der Waals surface area contributed by atoms with E-state index in [1.54, 1.807) is 13.0 Å². The van der Waals surface area contributed by atoms with Gasteiger partial charge in [0.25, 0.3) is 5.91 Å². The molecule has 0 spiro atoms. The molecule has 106 valence electrons. The highest BCUT2D eigenvalue weighted by atomic mass is 35.5. The molecule has 0 fully saturated rings. The second kappa shape index (κ2) is 5.28. The number of amides is 1. The van der Waals surface area contributed by atoms with Gasteiger partial charge in [0.1, 0.15) is 0 Å². The summed E-state index contributed by atoms with van der Waals surface area (Å²) in [5, 5.41) is 7.62. The lowest BCUT2D eigenvalue weighted by molar-refractivity contribution is 0.102. The third kappa shape index (κ3) is 2.84. The zero-order chi connectivity index (χ0) is 14.9. The number of rotatable bonds is 3. The molecule has 0 saturated carbocycles. The van der Waals surface area contributed by atoms with Crippen molar-refractivity contribution in [3.8, 4) is 0 Å². The van der Waals surface area contributed by atoms with Crippen molar-refractivity contribution in [3.05, 3.63) is 46.9 Å². The molecule has 6 nitrogen and oxygen atoms in total. The number of furan rings is 1. The predicted octanol–water partition coefficient (Wildman–Crippen LogP) is 2.14. The van der Waals surface area contributed by atoms with Crippen molar-refractivity contribution in [1.82, 2.24) is 0 Å². The average molecular weight is 315 g/mol. The Morgan fingerprint density at radius 1 is 1.35 bits per heavy atom. The molecule has 1 heterocycles. The topological polar surface area (TPSA) is 102 Å². The van der Waals surface area contributed by atoms with Gasteiger partial charge in [-0.25, -0.2) is 13.6 Å². The number of benzene rings is 1. The quantitative estimate of drug-likeness (QED) is 0.905. The first-order valence-electron chi connectivity index (χ1n) is 5.47. The van der Waals surface area contributed by atoms with E-state index in [1.807, 2.05) is 0 Å². The monoisotopic (exact) mass is 314 g/mol. The van der Waals surface area contributed by atoms with Crippen LogP contribution < -0.4 is 10.5 Å². The number of hydrogen-bond donors (Lipinski definition) is 2. The number of hydrogen-bond acceptors (Lipinski definition) is 4. The summed E-state index contributed by atoms with van der Waals surface area (Å²) in [6, 6.07) is 5.83. The molecule has 0 bridgehead atoms. The van der Waals surface area contributed by atoms with Gasteiger partial charge in [-0.15, -0.1) is 0 Å². The normalized spacial score (nSPS) is 11.3. The molecule has 1 aromatic carbocycles. The molecule has 2 aromatic rings. The summed E-state index contributed by atoms with van der Waals surface area (Å²) >= 11 is 5.70. The van der Waals surface area contributed by atoms with Crippen LogP contribution in [0, 0.1) is 6.92 Å². The second-order valence-electron chi connectivity index (χ2n) is 4.04. The largest absolute Gasteiger partial charge is 0.452 e. The van der Waals surface area contributed by atoms with Crippen LogP contribution in [0.4, 0.5) is 5.69 Å². The summed E-state index contributed by atoms with van der Waals surface area (Å²) in [4.78, 5) is 11.9.